The molecule has 3 rings (SSSR count). The van der Waals surface area contributed by atoms with Crippen molar-refractivity contribution in [2.45, 2.75) is 0 Å². The molecule has 6 heteroatoms. The zero-order valence-corrected chi connectivity index (χ0v) is 11.2. The van der Waals surface area contributed by atoms with E-state index in [1.165, 1.54) is 0 Å². The molecule has 19 heavy (non-hydrogen) atoms. The van der Waals surface area contributed by atoms with Gasteiger partial charge in [-0.15, -0.1) is 0 Å². The molecular formula is C13H8Cl2N4. The number of aromatic nitrogens is 4. The Hall–Kier alpha value is -1.91. The van der Waals surface area contributed by atoms with Crippen molar-refractivity contribution in [1.82, 2.24) is 20.2 Å². The van der Waals surface area contributed by atoms with Gasteiger partial charge >= 0.3 is 0 Å². The molecule has 0 amide bonds. The number of aromatic amines is 1. The van der Waals surface area contributed by atoms with Gasteiger partial charge in [0.25, 0.3) is 0 Å². The van der Waals surface area contributed by atoms with Crippen LogP contribution in [0.3, 0.4) is 0 Å². The lowest BCUT2D eigenvalue weighted by Gasteiger charge is -1.96. The molecule has 4 nitrogen and oxygen atoms in total. The summed E-state index contributed by atoms with van der Waals surface area (Å²) in [7, 11) is 0. The first-order chi connectivity index (χ1) is 9.22. The molecule has 94 valence electrons. The number of pyridine rings is 2. The third-order valence-corrected chi connectivity index (χ3v) is 3.05. The minimum absolute atomic E-state index is 0.439. The largest absolute Gasteiger partial charge is 0.277 e. The minimum Gasteiger partial charge on any atom is -0.277 e. The van der Waals surface area contributed by atoms with Crippen LogP contribution in [-0.4, -0.2) is 20.2 Å². The fourth-order valence-corrected chi connectivity index (χ4v) is 2.10. The van der Waals surface area contributed by atoms with Crippen LogP contribution in [-0.2, 0) is 0 Å². The number of hydrogen-bond donors (Lipinski definition) is 1. The van der Waals surface area contributed by atoms with Crippen LogP contribution < -0.4 is 0 Å². The van der Waals surface area contributed by atoms with Crippen LogP contribution in [0, 0.1) is 0 Å². The molecule has 3 heterocycles. The molecule has 0 fully saturated rings. The van der Waals surface area contributed by atoms with Gasteiger partial charge in [0, 0.05) is 23.5 Å². The van der Waals surface area contributed by atoms with Gasteiger partial charge in [0.2, 0.25) is 0 Å². The molecule has 0 saturated heterocycles. The van der Waals surface area contributed by atoms with Crippen molar-refractivity contribution in [3.05, 3.63) is 53.0 Å². The van der Waals surface area contributed by atoms with Crippen molar-refractivity contribution in [2.24, 2.45) is 0 Å². The third-order valence-electron chi connectivity index (χ3n) is 2.64. The van der Waals surface area contributed by atoms with Gasteiger partial charge in [-0.2, -0.15) is 5.10 Å². The van der Waals surface area contributed by atoms with Crippen molar-refractivity contribution >= 4 is 23.2 Å². The highest BCUT2D eigenvalue weighted by Gasteiger charge is 2.07. The number of H-pyrrole nitrogens is 1. The van der Waals surface area contributed by atoms with Gasteiger partial charge in [-0.25, -0.2) is 9.97 Å². The Labute approximate surface area is 119 Å². The van der Waals surface area contributed by atoms with Gasteiger partial charge in [0.1, 0.15) is 10.3 Å². The molecule has 0 atom stereocenters. The smallest absolute Gasteiger partial charge is 0.129 e. The summed E-state index contributed by atoms with van der Waals surface area (Å²) in [6, 6.07) is 9.19. The van der Waals surface area contributed by atoms with Gasteiger partial charge in [0.05, 0.1) is 11.4 Å². The summed E-state index contributed by atoms with van der Waals surface area (Å²) in [4.78, 5) is 7.89. The lowest BCUT2D eigenvalue weighted by Crippen LogP contribution is -1.80. The van der Waals surface area contributed by atoms with E-state index in [4.69, 9.17) is 23.2 Å². The molecule has 1 N–H and O–H groups in total. The van der Waals surface area contributed by atoms with E-state index >= 15 is 0 Å². The summed E-state index contributed by atoms with van der Waals surface area (Å²) >= 11 is 11.7. The monoisotopic (exact) mass is 290 g/mol. The van der Waals surface area contributed by atoms with Crippen LogP contribution in [0.5, 0.6) is 0 Å². The molecule has 0 aliphatic rings. The summed E-state index contributed by atoms with van der Waals surface area (Å²) in [5.74, 6) is 0. The Kier molecular flexibility index (Phi) is 3.19. The summed E-state index contributed by atoms with van der Waals surface area (Å²) in [6.07, 6.45) is 3.30. The topological polar surface area (TPSA) is 54.5 Å². The van der Waals surface area contributed by atoms with E-state index in [2.05, 4.69) is 20.2 Å². The SMILES string of the molecule is Clc1cc(-c2cc(-c3ccnc(Cl)c3)[nH]n2)ccn1. The molecule has 0 unspecified atom stereocenters. The number of nitrogens with one attached hydrogen (secondary N) is 1. The van der Waals surface area contributed by atoms with Gasteiger partial charge < -0.3 is 0 Å². The van der Waals surface area contributed by atoms with E-state index in [0.29, 0.717) is 10.3 Å². The quantitative estimate of drug-likeness (QED) is 0.730. The van der Waals surface area contributed by atoms with Gasteiger partial charge in [-0.1, -0.05) is 23.2 Å². The van der Waals surface area contributed by atoms with Crippen molar-refractivity contribution in [1.29, 1.82) is 0 Å². The van der Waals surface area contributed by atoms with Crippen molar-refractivity contribution in [3.8, 4) is 22.5 Å². The van der Waals surface area contributed by atoms with E-state index in [-0.39, 0.29) is 0 Å². The highest BCUT2D eigenvalue weighted by Crippen LogP contribution is 2.25. The van der Waals surface area contributed by atoms with Gasteiger partial charge in [-0.05, 0) is 30.3 Å². The van der Waals surface area contributed by atoms with E-state index in [9.17, 15) is 0 Å². The normalized spacial score (nSPS) is 10.6. The molecular weight excluding hydrogens is 283 g/mol. The highest BCUT2D eigenvalue weighted by atomic mass is 35.5. The van der Waals surface area contributed by atoms with Crippen molar-refractivity contribution < 1.29 is 0 Å². The second kappa shape index (κ2) is 4.99. The van der Waals surface area contributed by atoms with E-state index in [1.807, 2.05) is 18.2 Å². The maximum absolute atomic E-state index is 5.87. The van der Waals surface area contributed by atoms with Crippen LogP contribution in [0.4, 0.5) is 0 Å². The zero-order chi connectivity index (χ0) is 13.2. The third kappa shape index (κ3) is 2.59. The van der Waals surface area contributed by atoms with Gasteiger partial charge in [-0.3, -0.25) is 5.10 Å². The van der Waals surface area contributed by atoms with Crippen LogP contribution in [0.2, 0.25) is 10.3 Å². The minimum atomic E-state index is 0.439. The predicted molar refractivity (Wildman–Crippen MR) is 75.1 cm³/mol. The Bertz CT molecular complexity index is 664. The van der Waals surface area contributed by atoms with E-state index in [1.54, 1.807) is 24.5 Å². The molecule has 3 aromatic rings. The molecule has 0 aromatic carbocycles. The Balaban J connectivity index is 2.00. The first-order valence-corrected chi connectivity index (χ1v) is 6.27. The lowest BCUT2D eigenvalue weighted by atomic mass is 10.1. The van der Waals surface area contributed by atoms with E-state index in [0.717, 1.165) is 22.5 Å². The van der Waals surface area contributed by atoms with Crippen molar-refractivity contribution in [2.75, 3.05) is 0 Å². The van der Waals surface area contributed by atoms with E-state index < -0.39 is 0 Å². The Morgan fingerprint density at radius 2 is 1.47 bits per heavy atom. The summed E-state index contributed by atoms with van der Waals surface area (Å²) in [6.45, 7) is 0. The first-order valence-electron chi connectivity index (χ1n) is 5.51. The summed E-state index contributed by atoms with van der Waals surface area (Å²) in [5.41, 5.74) is 3.50. The fraction of sp³-hybridized carbons (Fsp3) is 0. The van der Waals surface area contributed by atoms with Crippen LogP contribution in [0.1, 0.15) is 0 Å². The molecule has 3 aromatic heterocycles. The number of hydrogen-bond acceptors (Lipinski definition) is 3. The fourth-order valence-electron chi connectivity index (χ4n) is 1.75. The number of halogens is 2. The molecule has 0 aliphatic heterocycles. The van der Waals surface area contributed by atoms with Crippen LogP contribution >= 0.6 is 23.2 Å². The Morgan fingerprint density at radius 1 is 0.842 bits per heavy atom. The second-order valence-corrected chi connectivity index (χ2v) is 4.68. The molecule has 0 bridgehead atoms. The lowest BCUT2D eigenvalue weighted by molar-refractivity contribution is 1.10. The first kappa shape index (κ1) is 12.1. The van der Waals surface area contributed by atoms with Crippen molar-refractivity contribution in [3.63, 3.8) is 0 Å². The Morgan fingerprint density at radius 3 is 2.16 bits per heavy atom. The number of rotatable bonds is 2. The standard InChI is InChI=1S/C13H8Cl2N4/c14-12-5-8(1-3-16-12)10-7-11(19-18-10)9-2-4-17-13(15)6-9/h1-7H,(H,18,19). The summed E-state index contributed by atoms with van der Waals surface area (Å²) in [5, 5.41) is 8.11. The average molecular weight is 291 g/mol. The highest BCUT2D eigenvalue weighted by molar-refractivity contribution is 6.29. The second-order valence-electron chi connectivity index (χ2n) is 3.90. The molecule has 0 spiro atoms. The van der Waals surface area contributed by atoms with Gasteiger partial charge in [0.15, 0.2) is 0 Å². The maximum atomic E-state index is 5.87. The predicted octanol–water partition coefficient (Wildman–Crippen LogP) is 3.84. The number of nitrogens with zero attached hydrogens (tertiary/aromatic N) is 3. The maximum Gasteiger partial charge on any atom is 0.129 e. The molecule has 0 radical (unpaired) electrons. The molecule has 0 aliphatic carbocycles. The van der Waals surface area contributed by atoms with Crippen LogP contribution in [0.15, 0.2) is 42.7 Å². The van der Waals surface area contributed by atoms with Crippen LogP contribution in [0.25, 0.3) is 22.5 Å². The zero-order valence-electron chi connectivity index (χ0n) is 9.64. The molecule has 0 saturated carbocycles. The summed E-state index contributed by atoms with van der Waals surface area (Å²) < 4.78 is 0. The average Bonchev–Trinajstić information content (AvgIpc) is 2.88.